The third kappa shape index (κ3) is 3.36. The Morgan fingerprint density at radius 2 is 2.06 bits per heavy atom. The van der Waals surface area contributed by atoms with Crippen LogP contribution in [0.25, 0.3) is 0 Å². The Labute approximate surface area is 178 Å². The van der Waals surface area contributed by atoms with Gasteiger partial charge in [-0.2, -0.15) is 10.1 Å². The summed E-state index contributed by atoms with van der Waals surface area (Å²) in [5.74, 6) is -0.0459. The number of aryl methyl sites for hydroxylation is 2. The van der Waals surface area contributed by atoms with Crippen LogP contribution in [-0.4, -0.2) is 51.7 Å². The van der Waals surface area contributed by atoms with Crippen molar-refractivity contribution in [1.29, 1.82) is 0 Å². The topological polar surface area (TPSA) is 94.9 Å². The van der Waals surface area contributed by atoms with Gasteiger partial charge in [0.15, 0.2) is 0 Å². The van der Waals surface area contributed by atoms with Crippen molar-refractivity contribution >= 4 is 23.5 Å². The van der Waals surface area contributed by atoms with Gasteiger partial charge in [0.1, 0.15) is 23.8 Å². The summed E-state index contributed by atoms with van der Waals surface area (Å²) in [5.41, 5.74) is 4.46. The molecule has 0 radical (unpaired) electrons. The minimum absolute atomic E-state index is 0.152. The maximum Gasteiger partial charge on any atom is 0.288 e. The fraction of sp³-hybridized carbons (Fsp3) is 0.429. The number of halogens is 1. The van der Waals surface area contributed by atoms with Gasteiger partial charge in [-0.1, -0.05) is 18.2 Å². The first-order valence-corrected chi connectivity index (χ1v) is 10.4. The van der Waals surface area contributed by atoms with Crippen molar-refractivity contribution in [1.82, 2.24) is 25.5 Å². The molecule has 1 unspecified atom stereocenters. The zero-order valence-corrected chi connectivity index (χ0v) is 17.4. The second-order valence-corrected chi connectivity index (χ2v) is 8.17. The van der Waals surface area contributed by atoms with E-state index in [2.05, 4.69) is 20.8 Å². The molecule has 3 aliphatic rings. The number of hydrazine groups is 1. The Kier molecular flexibility index (Phi) is 4.73. The van der Waals surface area contributed by atoms with Crippen LogP contribution < -0.4 is 15.6 Å². The summed E-state index contributed by atoms with van der Waals surface area (Å²) in [4.78, 5) is 31.8. The molecule has 0 bridgehead atoms. The van der Waals surface area contributed by atoms with E-state index in [0.717, 1.165) is 12.1 Å². The molecule has 3 atom stereocenters. The molecule has 1 aromatic heterocycles. The largest absolute Gasteiger partial charge is 0.337 e. The summed E-state index contributed by atoms with van der Waals surface area (Å²) in [7, 11) is 1.68. The highest BCUT2D eigenvalue weighted by atomic mass is 19.1. The number of fused-ring (bicyclic) bond motifs is 2. The van der Waals surface area contributed by atoms with Crippen molar-refractivity contribution in [2.24, 2.45) is 4.99 Å². The van der Waals surface area contributed by atoms with Crippen LogP contribution in [0.2, 0.25) is 0 Å². The average molecular weight is 425 g/mol. The Bertz CT molecular complexity index is 1080. The Balaban J connectivity index is 1.27. The highest BCUT2D eigenvalue weighted by molar-refractivity contribution is 6.38. The number of aliphatic imine (C=N–C) groups is 1. The number of hydrogen-bond donors (Lipinski definition) is 2. The van der Waals surface area contributed by atoms with Crippen LogP contribution in [0.5, 0.6) is 0 Å². The Hall–Kier alpha value is -3.27. The molecule has 2 amide bonds. The predicted octanol–water partition coefficient (Wildman–Crippen LogP) is 1.26. The molecule has 9 nitrogen and oxygen atoms in total. The van der Waals surface area contributed by atoms with E-state index in [1.165, 1.54) is 11.0 Å². The Morgan fingerprint density at radius 3 is 2.87 bits per heavy atom. The van der Waals surface area contributed by atoms with Crippen molar-refractivity contribution in [2.45, 2.75) is 51.0 Å². The van der Waals surface area contributed by atoms with E-state index < -0.39 is 11.9 Å². The minimum Gasteiger partial charge on any atom is -0.337 e. The van der Waals surface area contributed by atoms with Crippen molar-refractivity contribution in [3.05, 3.63) is 47.4 Å². The maximum atomic E-state index is 14.3. The van der Waals surface area contributed by atoms with Crippen molar-refractivity contribution < 1.29 is 14.0 Å². The van der Waals surface area contributed by atoms with Crippen LogP contribution in [-0.2, 0) is 16.1 Å². The molecule has 0 spiro atoms. The SMILES string of the molecule is Cc1cc2n(n1)CC[C@H](NC(=O)C1=NC3CC[C@H](c4ccccc4F)N3N1)C(=O)N2C. The third-order valence-electron chi connectivity index (χ3n) is 6.14. The number of benzene rings is 1. The minimum atomic E-state index is -0.679. The molecule has 0 saturated carbocycles. The van der Waals surface area contributed by atoms with Crippen molar-refractivity contribution in [3.8, 4) is 0 Å². The summed E-state index contributed by atoms with van der Waals surface area (Å²) in [5, 5.41) is 9.04. The zero-order valence-electron chi connectivity index (χ0n) is 17.4. The average Bonchev–Trinajstić information content (AvgIpc) is 3.42. The highest BCUT2D eigenvalue weighted by Gasteiger charge is 2.42. The molecular weight excluding hydrogens is 401 g/mol. The highest BCUT2D eigenvalue weighted by Crippen LogP contribution is 2.38. The smallest absolute Gasteiger partial charge is 0.288 e. The van der Waals surface area contributed by atoms with E-state index in [-0.39, 0.29) is 29.8 Å². The number of amidine groups is 1. The molecule has 31 heavy (non-hydrogen) atoms. The fourth-order valence-electron chi connectivity index (χ4n) is 4.58. The number of anilines is 1. The summed E-state index contributed by atoms with van der Waals surface area (Å²) >= 11 is 0. The first kappa shape index (κ1) is 19.7. The number of nitrogens with one attached hydrogen (secondary N) is 2. The van der Waals surface area contributed by atoms with Crippen LogP contribution in [0, 0.1) is 12.7 Å². The fourth-order valence-corrected chi connectivity index (χ4v) is 4.58. The molecule has 1 saturated heterocycles. The second-order valence-electron chi connectivity index (χ2n) is 8.17. The first-order valence-electron chi connectivity index (χ1n) is 10.4. The number of carbonyl (C=O) groups is 2. The van der Waals surface area contributed by atoms with Gasteiger partial charge in [0.2, 0.25) is 5.84 Å². The number of aromatic nitrogens is 2. The number of likely N-dealkylation sites (N-methyl/N-ethyl adjacent to an activating group) is 1. The van der Waals surface area contributed by atoms with Gasteiger partial charge in [-0.3, -0.25) is 19.9 Å². The molecule has 0 aliphatic carbocycles. The van der Waals surface area contributed by atoms with Gasteiger partial charge >= 0.3 is 0 Å². The van der Waals surface area contributed by atoms with E-state index in [1.54, 1.807) is 29.9 Å². The molecule has 1 fully saturated rings. The zero-order chi connectivity index (χ0) is 21.7. The van der Waals surface area contributed by atoms with E-state index in [4.69, 9.17) is 0 Å². The molecule has 2 aromatic rings. The van der Waals surface area contributed by atoms with Crippen LogP contribution in [0.15, 0.2) is 35.3 Å². The second kappa shape index (κ2) is 7.45. The maximum absolute atomic E-state index is 14.3. The van der Waals surface area contributed by atoms with Gasteiger partial charge in [-0.15, -0.1) is 0 Å². The van der Waals surface area contributed by atoms with E-state index in [1.807, 2.05) is 18.0 Å². The summed E-state index contributed by atoms with van der Waals surface area (Å²) in [6, 6.07) is 7.62. The molecule has 3 aliphatic heterocycles. The quantitative estimate of drug-likeness (QED) is 0.772. The lowest BCUT2D eigenvalue weighted by Crippen LogP contribution is -2.52. The summed E-state index contributed by atoms with van der Waals surface area (Å²) < 4.78 is 16.0. The first-order chi connectivity index (χ1) is 14.9. The lowest BCUT2D eigenvalue weighted by Gasteiger charge is -2.24. The van der Waals surface area contributed by atoms with E-state index in [0.29, 0.717) is 30.8 Å². The van der Waals surface area contributed by atoms with E-state index >= 15 is 0 Å². The van der Waals surface area contributed by atoms with Gasteiger partial charge in [0, 0.05) is 25.2 Å². The van der Waals surface area contributed by atoms with Crippen LogP contribution in [0.3, 0.4) is 0 Å². The van der Waals surface area contributed by atoms with Gasteiger partial charge in [0.25, 0.3) is 11.8 Å². The summed E-state index contributed by atoms with van der Waals surface area (Å²) in [6.45, 7) is 2.40. The van der Waals surface area contributed by atoms with Crippen LogP contribution in [0.4, 0.5) is 10.2 Å². The normalized spacial score (nSPS) is 25.5. The molecular formula is C21H24FN7O2. The van der Waals surface area contributed by atoms with Crippen molar-refractivity contribution in [2.75, 3.05) is 11.9 Å². The number of hydrogen-bond acceptors (Lipinski definition) is 6. The van der Waals surface area contributed by atoms with E-state index in [9.17, 15) is 14.0 Å². The third-order valence-corrected chi connectivity index (χ3v) is 6.14. The Morgan fingerprint density at radius 1 is 1.26 bits per heavy atom. The summed E-state index contributed by atoms with van der Waals surface area (Å²) in [6.07, 6.45) is 1.66. The predicted molar refractivity (Wildman–Crippen MR) is 111 cm³/mol. The molecule has 1 aromatic carbocycles. The molecule has 4 heterocycles. The van der Waals surface area contributed by atoms with Crippen LogP contribution >= 0.6 is 0 Å². The number of rotatable bonds is 3. The molecule has 10 heteroatoms. The lowest BCUT2D eigenvalue weighted by molar-refractivity contribution is -0.124. The molecule has 2 N–H and O–H groups in total. The van der Waals surface area contributed by atoms with Crippen molar-refractivity contribution in [3.63, 3.8) is 0 Å². The van der Waals surface area contributed by atoms with Gasteiger partial charge in [0.05, 0.1) is 11.7 Å². The van der Waals surface area contributed by atoms with Gasteiger partial charge < -0.3 is 5.32 Å². The standard InChI is InChI=1S/C21H24FN7O2/c1-12-11-18-27(2)21(31)15(9-10-28(18)25-12)23-20(30)19-24-17-8-7-16(29(17)26-19)13-5-3-4-6-14(13)22/h3-6,11,15-17H,7-10H2,1-2H3,(H,23,30)(H,24,26)/t15-,16+,17?/m0/s1. The van der Waals surface area contributed by atoms with Crippen LogP contribution in [0.1, 0.15) is 36.6 Å². The number of carbonyl (C=O) groups excluding carboxylic acids is 2. The number of nitrogens with zero attached hydrogens (tertiary/aromatic N) is 5. The monoisotopic (exact) mass is 425 g/mol. The number of amides is 2. The van der Waals surface area contributed by atoms with Gasteiger partial charge in [-0.05, 0) is 32.3 Å². The molecule has 162 valence electrons. The van der Waals surface area contributed by atoms with Gasteiger partial charge in [-0.25, -0.2) is 14.1 Å². The lowest BCUT2D eigenvalue weighted by atomic mass is 10.0. The molecule has 5 rings (SSSR count).